The van der Waals surface area contributed by atoms with Crippen molar-refractivity contribution in [2.45, 2.75) is 12.5 Å². The molecule has 0 radical (unpaired) electrons. The van der Waals surface area contributed by atoms with Crippen LogP contribution in [0.5, 0.6) is 0 Å². The number of β-amino-alcohol motifs (C(OH)–C–C–N with tert-alkyl or cyclic N) is 1. The van der Waals surface area contributed by atoms with Gasteiger partial charge in [0.1, 0.15) is 0 Å². The van der Waals surface area contributed by atoms with Gasteiger partial charge >= 0.3 is 0 Å². The first-order valence-electron chi connectivity index (χ1n) is 4.97. The first-order valence-corrected chi connectivity index (χ1v) is 6.37. The van der Waals surface area contributed by atoms with Crippen LogP contribution in [-0.4, -0.2) is 67.1 Å². The van der Waals surface area contributed by atoms with E-state index in [1.165, 1.54) is 8.61 Å². The van der Waals surface area contributed by atoms with Gasteiger partial charge in [0, 0.05) is 26.2 Å². The first-order chi connectivity index (χ1) is 6.92. The lowest BCUT2D eigenvalue weighted by Gasteiger charge is -2.45. The SMILES string of the molecule is CC1(O)CN(S(=O)(=O)N2CCOCC2)C1. The molecule has 88 valence electrons. The van der Waals surface area contributed by atoms with Gasteiger partial charge in [-0.15, -0.1) is 0 Å². The zero-order valence-electron chi connectivity index (χ0n) is 8.72. The van der Waals surface area contributed by atoms with Crippen molar-refractivity contribution in [3.63, 3.8) is 0 Å². The predicted octanol–water partition coefficient (Wildman–Crippen LogP) is -1.37. The molecule has 2 aliphatic rings. The molecule has 15 heavy (non-hydrogen) atoms. The van der Waals surface area contributed by atoms with Crippen molar-refractivity contribution >= 4 is 10.2 Å². The fourth-order valence-corrected chi connectivity index (χ4v) is 3.64. The highest BCUT2D eigenvalue weighted by Gasteiger charge is 2.45. The molecule has 2 fully saturated rings. The van der Waals surface area contributed by atoms with E-state index in [9.17, 15) is 13.5 Å². The van der Waals surface area contributed by atoms with E-state index >= 15 is 0 Å². The van der Waals surface area contributed by atoms with E-state index in [0.717, 1.165) is 0 Å². The van der Waals surface area contributed by atoms with Crippen molar-refractivity contribution in [3.05, 3.63) is 0 Å². The molecule has 0 unspecified atom stereocenters. The lowest BCUT2D eigenvalue weighted by molar-refractivity contribution is -0.0466. The summed E-state index contributed by atoms with van der Waals surface area (Å²) < 4.78 is 31.7. The summed E-state index contributed by atoms with van der Waals surface area (Å²) in [5.41, 5.74) is -0.862. The lowest BCUT2D eigenvalue weighted by Crippen LogP contribution is -2.64. The third-order valence-electron chi connectivity index (χ3n) is 2.66. The Morgan fingerprint density at radius 3 is 2.20 bits per heavy atom. The number of nitrogens with zero attached hydrogens (tertiary/aromatic N) is 2. The summed E-state index contributed by atoms with van der Waals surface area (Å²) in [5.74, 6) is 0. The maximum Gasteiger partial charge on any atom is 0.282 e. The van der Waals surface area contributed by atoms with Crippen molar-refractivity contribution in [2.24, 2.45) is 0 Å². The molecule has 0 saturated carbocycles. The van der Waals surface area contributed by atoms with E-state index in [0.29, 0.717) is 26.3 Å². The number of rotatable bonds is 2. The van der Waals surface area contributed by atoms with Gasteiger partial charge in [-0.05, 0) is 6.92 Å². The third-order valence-corrected chi connectivity index (χ3v) is 4.59. The van der Waals surface area contributed by atoms with Crippen LogP contribution in [0.15, 0.2) is 0 Å². The Balaban J connectivity index is 2.01. The highest BCUT2D eigenvalue weighted by Crippen LogP contribution is 2.25. The lowest BCUT2D eigenvalue weighted by atomic mass is 10.0. The minimum absolute atomic E-state index is 0.187. The number of aliphatic hydroxyl groups is 1. The van der Waals surface area contributed by atoms with Crippen molar-refractivity contribution < 1.29 is 18.3 Å². The molecule has 0 aliphatic carbocycles. The molecule has 0 atom stereocenters. The fraction of sp³-hybridized carbons (Fsp3) is 1.00. The minimum Gasteiger partial charge on any atom is -0.387 e. The van der Waals surface area contributed by atoms with Crippen molar-refractivity contribution in [2.75, 3.05) is 39.4 Å². The molecule has 2 aliphatic heterocycles. The van der Waals surface area contributed by atoms with E-state index in [2.05, 4.69) is 0 Å². The average Bonchev–Trinajstić information content (AvgIpc) is 2.15. The van der Waals surface area contributed by atoms with Crippen LogP contribution in [0.2, 0.25) is 0 Å². The molecule has 0 aromatic heterocycles. The number of morpholine rings is 1. The second-order valence-corrected chi connectivity index (χ2v) is 6.21. The summed E-state index contributed by atoms with van der Waals surface area (Å²) in [4.78, 5) is 0. The van der Waals surface area contributed by atoms with Gasteiger partial charge in [-0.25, -0.2) is 0 Å². The summed E-state index contributed by atoms with van der Waals surface area (Å²) in [7, 11) is -3.37. The average molecular weight is 236 g/mol. The van der Waals surface area contributed by atoms with E-state index in [4.69, 9.17) is 4.74 Å². The van der Waals surface area contributed by atoms with Crippen LogP contribution >= 0.6 is 0 Å². The number of hydrogen-bond acceptors (Lipinski definition) is 4. The largest absolute Gasteiger partial charge is 0.387 e. The Morgan fingerprint density at radius 1 is 1.20 bits per heavy atom. The first kappa shape index (κ1) is 11.3. The molecule has 2 saturated heterocycles. The molecule has 0 aromatic rings. The normalized spacial score (nSPS) is 28.7. The zero-order valence-corrected chi connectivity index (χ0v) is 9.53. The van der Waals surface area contributed by atoms with Crippen LogP contribution < -0.4 is 0 Å². The smallest absolute Gasteiger partial charge is 0.282 e. The van der Waals surface area contributed by atoms with Gasteiger partial charge in [-0.2, -0.15) is 17.0 Å². The quantitative estimate of drug-likeness (QED) is 0.642. The Hall–Kier alpha value is -0.210. The predicted molar refractivity (Wildman–Crippen MR) is 53.5 cm³/mol. The topological polar surface area (TPSA) is 70.1 Å². The Bertz CT molecular complexity index is 327. The summed E-state index contributed by atoms with van der Waals surface area (Å²) in [6.07, 6.45) is 0. The molecule has 0 spiro atoms. The molecule has 7 heteroatoms. The number of ether oxygens (including phenoxy) is 1. The Labute approximate surface area is 89.6 Å². The molecule has 0 aromatic carbocycles. The van der Waals surface area contributed by atoms with Crippen LogP contribution in [0.3, 0.4) is 0 Å². The van der Waals surface area contributed by atoms with Gasteiger partial charge in [-0.3, -0.25) is 0 Å². The maximum atomic E-state index is 11.9. The fourth-order valence-electron chi connectivity index (χ4n) is 1.82. The van der Waals surface area contributed by atoms with E-state index in [-0.39, 0.29) is 13.1 Å². The summed E-state index contributed by atoms with van der Waals surface area (Å²) in [6.45, 7) is 3.71. The third kappa shape index (κ3) is 2.16. The Morgan fingerprint density at radius 2 is 1.73 bits per heavy atom. The molecule has 1 N–H and O–H groups in total. The molecular weight excluding hydrogens is 220 g/mol. The van der Waals surface area contributed by atoms with Gasteiger partial charge < -0.3 is 9.84 Å². The van der Waals surface area contributed by atoms with Crippen molar-refractivity contribution in [1.82, 2.24) is 8.61 Å². The van der Waals surface area contributed by atoms with Gasteiger partial charge in [0.2, 0.25) is 0 Å². The van der Waals surface area contributed by atoms with Crippen LogP contribution in [0.25, 0.3) is 0 Å². The van der Waals surface area contributed by atoms with Crippen LogP contribution in [-0.2, 0) is 14.9 Å². The Kier molecular flexibility index (Phi) is 2.76. The monoisotopic (exact) mass is 236 g/mol. The molecule has 0 amide bonds. The van der Waals surface area contributed by atoms with Gasteiger partial charge in [-0.1, -0.05) is 0 Å². The highest BCUT2D eigenvalue weighted by molar-refractivity contribution is 7.86. The zero-order chi connectivity index (χ0) is 11.1. The standard InChI is InChI=1S/C8H16N2O4S/c1-8(11)6-10(7-8)15(12,13)9-2-4-14-5-3-9/h11H,2-7H2,1H3. The summed E-state index contributed by atoms with van der Waals surface area (Å²) in [5, 5.41) is 9.50. The van der Waals surface area contributed by atoms with Crippen molar-refractivity contribution in [1.29, 1.82) is 0 Å². The van der Waals surface area contributed by atoms with Crippen LogP contribution in [0.4, 0.5) is 0 Å². The van der Waals surface area contributed by atoms with Gasteiger partial charge in [0.25, 0.3) is 10.2 Å². The minimum atomic E-state index is -3.37. The second-order valence-electron chi connectivity index (χ2n) is 4.28. The van der Waals surface area contributed by atoms with Crippen LogP contribution in [0, 0.1) is 0 Å². The maximum absolute atomic E-state index is 11.9. The molecule has 2 rings (SSSR count). The van der Waals surface area contributed by atoms with Gasteiger partial charge in [0.15, 0.2) is 0 Å². The highest BCUT2D eigenvalue weighted by atomic mass is 32.2. The molecule has 0 bridgehead atoms. The molecular formula is C8H16N2O4S. The molecule has 2 heterocycles. The van der Waals surface area contributed by atoms with E-state index in [1.54, 1.807) is 6.92 Å². The van der Waals surface area contributed by atoms with Crippen molar-refractivity contribution in [3.8, 4) is 0 Å². The molecule has 6 nitrogen and oxygen atoms in total. The van der Waals surface area contributed by atoms with Gasteiger partial charge in [0.05, 0.1) is 18.8 Å². The van der Waals surface area contributed by atoms with Crippen LogP contribution in [0.1, 0.15) is 6.92 Å². The van der Waals surface area contributed by atoms with E-state index < -0.39 is 15.8 Å². The number of hydrogen-bond donors (Lipinski definition) is 1. The summed E-state index contributed by atoms with van der Waals surface area (Å²) in [6, 6.07) is 0. The van der Waals surface area contributed by atoms with E-state index in [1.807, 2.05) is 0 Å². The second kappa shape index (κ2) is 3.67. The summed E-state index contributed by atoms with van der Waals surface area (Å²) >= 11 is 0.